The van der Waals surface area contributed by atoms with Gasteiger partial charge in [0, 0.05) is 47.7 Å². The van der Waals surface area contributed by atoms with E-state index in [0.717, 1.165) is 25.7 Å². The van der Waals surface area contributed by atoms with E-state index >= 15 is 0 Å². The van der Waals surface area contributed by atoms with Crippen LogP contribution in [0.1, 0.15) is 169 Å². The predicted molar refractivity (Wildman–Crippen MR) is 247 cm³/mol. The van der Waals surface area contributed by atoms with Crippen LogP contribution in [0.3, 0.4) is 0 Å². The average molecular weight is 883 g/mol. The van der Waals surface area contributed by atoms with Crippen LogP contribution in [-0.4, -0.2) is 89.1 Å². The number of hydrogen-bond acceptors (Lipinski definition) is 9. The molecular formula is C52H70N2O10. The molecule has 0 aromatic heterocycles. The lowest BCUT2D eigenvalue weighted by molar-refractivity contribution is -0.138. The van der Waals surface area contributed by atoms with E-state index in [4.69, 9.17) is 9.47 Å². The van der Waals surface area contributed by atoms with E-state index in [-0.39, 0.29) is 68.3 Å². The molecule has 5 atom stereocenters. The second kappa shape index (κ2) is 20.0. The molecule has 4 heterocycles. The SMILES string of the molecule is CC(C)=CCC/C(C)=C/CC[C@@]1(C)Oc2c(c(O)cc3c2CN(CCC[C@@H](CC(=O)O)N2Cc4c(cc(O)c5c4O[C@](C)(CC/C=C(\C)CCC=C(C)C)[C@@H](O)C5)C2=O)C3=O)C[C@@H]1O. The summed E-state index contributed by atoms with van der Waals surface area (Å²) >= 11 is 0. The van der Waals surface area contributed by atoms with E-state index in [0.29, 0.717) is 71.4 Å². The van der Waals surface area contributed by atoms with Gasteiger partial charge in [0.1, 0.15) is 34.2 Å². The van der Waals surface area contributed by atoms with Crippen LogP contribution in [0.25, 0.3) is 0 Å². The van der Waals surface area contributed by atoms with Gasteiger partial charge in [-0.05, 0) is 132 Å². The molecule has 348 valence electrons. The molecule has 0 radical (unpaired) electrons. The highest BCUT2D eigenvalue weighted by Crippen LogP contribution is 2.48. The number of carbonyl (C=O) groups excluding carboxylic acids is 2. The fraction of sp³-hybridized carbons (Fsp3) is 0.558. The molecule has 2 aromatic rings. The van der Waals surface area contributed by atoms with E-state index < -0.39 is 41.3 Å². The lowest BCUT2D eigenvalue weighted by Gasteiger charge is -2.41. The smallest absolute Gasteiger partial charge is 0.305 e. The van der Waals surface area contributed by atoms with E-state index in [1.807, 2.05) is 13.8 Å². The molecule has 5 N–H and O–H groups in total. The Hall–Kier alpha value is -5.07. The van der Waals surface area contributed by atoms with Crippen LogP contribution in [-0.2, 0) is 30.7 Å². The number of carbonyl (C=O) groups is 3. The zero-order valence-electron chi connectivity index (χ0n) is 39.2. The van der Waals surface area contributed by atoms with Gasteiger partial charge in [-0.1, -0.05) is 46.6 Å². The third kappa shape index (κ3) is 10.7. The van der Waals surface area contributed by atoms with Gasteiger partial charge in [-0.3, -0.25) is 14.4 Å². The maximum absolute atomic E-state index is 14.1. The molecule has 4 aliphatic rings. The number of benzene rings is 2. The second-order valence-corrected chi connectivity index (χ2v) is 19.6. The van der Waals surface area contributed by atoms with Crippen molar-refractivity contribution < 1.29 is 49.4 Å². The summed E-state index contributed by atoms with van der Waals surface area (Å²) in [5.74, 6) is -1.20. The van der Waals surface area contributed by atoms with Gasteiger partial charge < -0.3 is 44.8 Å². The monoisotopic (exact) mass is 883 g/mol. The first-order chi connectivity index (χ1) is 30.2. The Morgan fingerprint density at radius 1 is 0.719 bits per heavy atom. The summed E-state index contributed by atoms with van der Waals surface area (Å²) in [6.45, 7) is 16.8. The van der Waals surface area contributed by atoms with Crippen LogP contribution >= 0.6 is 0 Å². The van der Waals surface area contributed by atoms with Crippen molar-refractivity contribution in [2.75, 3.05) is 6.54 Å². The molecule has 6 rings (SSSR count). The molecule has 2 amide bonds. The minimum Gasteiger partial charge on any atom is -0.508 e. The van der Waals surface area contributed by atoms with E-state index in [9.17, 15) is 39.9 Å². The summed E-state index contributed by atoms with van der Waals surface area (Å²) in [5.41, 5.74) is 5.88. The molecule has 0 spiro atoms. The number of ether oxygens (including phenoxy) is 2. The van der Waals surface area contributed by atoms with Gasteiger partial charge in [0.25, 0.3) is 11.8 Å². The molecule has 0 bridgehead atoms. The van der Waals surface area contributed by atoms with Crippen molar-refractivity contribution in [3.63, 3.8) is 0 Å². The number of hydrogen-bond donors (Lipinski definition) is 5. The van der Waals surface area contributed by atoms with Gasteiger partial charge in [0.15, 0.2) is 0 Å². The molecule has 4 aliphatic heterocycles. The predicted octanol–water partition coefficient (Wildman–Crippen LogP) is 9.39. The number of fused-ring (bicyclic) bond motifs is 6. The normalized spacial score (nSPS) is 23.2. The van der Waals surface area contributed by atoms with Crippen LogP contribution in [0.15, 0.2) is 58.7 Å². The first kappa shape index (κ1) is 48.4. The number of aliphatic hydroxyl groups excluding tert-OH is 2. The highest BCUT2D eigenvalue weighted by Gasteiger charge is 2.46. The number of aliphatic carboxylic acids is 1. The number of aromatic hydroxyl groups is 2. The molecule has 0 unspecified atom stereocenters. The number of phenolic OH excluding ortho intramolecular Hbond substituents is 2. The summed E-state index contributed by atoms with van der Waals surface area (Å²) in [5, 5.41) is 54.7. The maximum Gasteiger partial charge on any atom is 0.305 e. The molecule has 12 heteroatoms. The highest BCUT2D eigenvalue weighted by atomic mass is 16.5. The largest absolute Gasteiger partial charge is 0.508 e. The number of amides is 2. The summed E-state index contributed by atoms with van der Waals surface area (Å²) < 4.78 is 13.2. The zero-order valence-corrected chi connectivity index (χ0v) is 39.2. The van der Waals surface area contributed by atoms with Crippen molar-refractivity contribution in [1.82, 2.24) is 9.80 Å². The fourth-order valence-corrected chi connectivity index (χ4v) is 9.64. The quantitative estimate of drug-likeness (QED) is 0.0855. The third-order valence-corrected chi connectivity index (χ3v) is 13.8. The number of carboxylic acids is 1. The highest BCUT2D eigenvalue weighted by molar-refractivity contribution is 6.01. The van der Waals surface area contributed by atoms with Gasteiger partial charge in [-0.25, -0.2) is 0 Å². The third-order valence-electron chi connectivity index (χ3n) is 13.8. The fourth-order valence-electron chi connectivity index (χ4n) is 9.64. The lowest BCUT2D eigenvalue weighted by Crippen LogP contribution is -2.49. The van der Waals surface area contributed by atoms with Gasteiger partial charge in [-0.15, -0.1) is 0 Å². The lowest BCUT2D eigenvalue weighted by atomic mass is 9.84. The Morgan fingerprint density at radius 3 is 1.66 bits per heavy atom. The van der Waals surface area contributed by atoms with Crippen LogP contribution in [0, 0.1) is 0 Å². The molecule has 0 fully saturated rings. The minimum absolute atomic E-state index is 0.0803. The molecule has 0 saturated heterocycles. The first-order valence-electron chi connectivity index (χ1n) is 23.1. The maximum atomic E-state index is 14.1. The van der Waals surface area contributed by atoms with Crippen molar-refractivity contribution in [2.24, 2.45) is 0 Å². The minimum atomic E-state index is -1.07. The zero-order chi connectivity index (χ0) is 46.7. The Kier molecular flexibility index (Phi) is 15.1. The average Bonchev–Trinajstić information content (AvgIpc) is 3.70. The standard InChI is InChI=1S/C52H70N2O10/c1-31(2)14-9-16-33(5)18-11-21-51(7)44(57)27-38-42(55)25-36-40(47(38)63-51)29-53(49(36)61)23-13-20-35(24-46(59)60)54-30-41-37(50(54)62)26-43(56)39-28-45(58)52(8,64-48(39)41)22-12-19-34(6)17-10-15-32(3)4/h14-15,18-19,25-26,35,44-45,55-58H,9-13,16-17,20-24,27-30H2,1-8H3,(H,59,60)/b33-18+,34-19+/t35-,44-,45-,51+,52+/m0/s1. The summed E-state index contributed by atoms with van der Waals surface area (Å²) in [4.78, 5) is 43.3. The molecular weight excluding hydrogens is 813 g/mol. The molecule has 0 saturated carbocycles. The van der Waals surface area contributed by atoms with Gasteiger partial charge in [0.2, 0.25) is 0 Å². The van der Waals surface area contributed by atoms with Crippen molar-refractivity contribution in [3.05, 3.63) is 92.1 Å². The van der Waals surface area contributed by atoms with Crippen LogP contribution in [0.4, 0.5) is 0 Å². The number of allylic oxidation sites excluding steroid dienone is 8. The van der Waals surface area contributed by atoms with E-state index in [2.05, 4.69) is 65.8 Å². The van der Waals surface area contributed by atoms with Gasteiger partial charge in [-0.2, -0.15) is 0 Å². The summed E-state index contributed by atoms with van der Waals surface area (Å²) in [6.07, 6.45) is 14.0. The van der Waals surface area contributed by atoms with Crippen molar-refractivity contribution in [1.29, 1.82) is 0 Å². The molecule has 0 aliphatic carbocycles. The second-order valence-electron chi connectivity index (χ2n) is 19.6. The number of carboxylic acid groups (broad SMARTS) is 1. The van der Waals surface area contributed by atoms with Crippen molar-refractivity contribution in [3.8, 4) is 23.0 Å². The Balaban J connectivity index is 1.12. The van der Waals surface area contributed by atoms with Gasteiger partial charge >= 0.3 is 5.97 Å². The molecule has 2 aromatic carbocycles. The Morgan fingerprint density at radius 2 is 1.19 bits per heavy atom. The molecule has 64 heavy (non-hydrogen) atoms. The van der Waals surface area contributed by atoms with Crippen LogP contribution < -0.4 is 9.47 Å². The van der Waals surface area contributed by atoms with E-state index in [1.54, 1.807) is 4.90 Å². The van der Waals surface area contributed by atoms with Crippen LogP contribution in [0.2, 0.25) is 0 Å². The topological polar surface area (TPSA) is 177 Å². The number of phenols is 2. The van der Waals surface area contributed by atoms with Gasteiger partial charge in [0.05, 0.1) is 42.8 Å². The van der Waals surface area contributed by atoms with Crippen molar-refractivity contribution in [2.45, 2.75) is 181 Å². The number of nitrogens with zero attached hydrogens (tertiary/aromatic N) is 2. The first-order valence-corrected chi connectivity index (χ1v) is 23.1. The Bertz CT molecular complexity index is 2250. The van der Waals surface area contributed by atoms with E-state index in [1.165, 1.54) is 39.3 Å². The number of rotatable bonds is 19. The Labute approximate surface area is 379 Å². The van der Waals surface area contributed by atoms with Crippen LogP contribution in [0.5, 0.6) is 23.0 Å². The molecule has 12 nitrogen and oxygen atoms in total. The summed E-state index contributed by atoms with van der Waals surface area (Å²) in [7, 11) is 0. The number of aliphatic hydroxyl groups is 2. The summed E-state index contributed by atoms with van der Waals surface area (Å²) in [6, 6.07) is 2.13. The van der Waals surface area contributed by atoms with Crippen molar-refractivity contribution >= 4 is 17.8 Å².